The Morgan fingerprint density at radius 3 is 2.67 bits per heavy atom. The summed E-state index contributed by atoms with van der Waals surface area (Å²) in [5, 5.41) is 0. The van der Waals surface area contributed by atoms with Crippen molar-refractivity contribution in [3.8, 4) is 0 Å². The molecule has 18 heavy (non-hydrogen) atoms. The van der Waals surface area contributed by atoms with Crippen LogP contribution in [-0.2, 0) is 4.74 Å². The van der Waals surface area contributed by atoms with Crippen LogP contribution in [-0.4, -0.2) is 36.7 Å². The van der Waals surface area contributed by atoms with Crippen molar-refractivity contribution in [2.24, 2.45) is 5.73 Å². The number of halogens is 1. The monoisotopic (exact) mass is 316 g/mol. The van der Waals surface area contributed by atoms with Gasteiger partial charge in [-0.25, -0.2) is 0 Å². The molecule has 2 unspecified atom stereocenters. The number of hydrogen-bond acceptors (Lipinski definition) is 4. The van der Waals surface area contributed by atoms with Crippen molar-refractivity contribution in [1.82, 2.24) is 4.90 Å². The van der Waals surface area contributed by atoms with Gasteiger partial charge < -0.3 is 14.9 Å². The Morgan fingerprint density at radius 2 is 2.17 bits per heavy atom. The van der Waals surface area contributed by atoms with Gasteiger partial charge in [-0.3, -0.25) is 4.90 Å². The maximum atomic E-state index is 6.45. The Hall–Kier alpha value is -0.360. The molecule has 0 spiro atoms. The van der Waals surface area contributed by atoms with E-state index in [-0.39, 0.29) is 11.6 Å². The lowest BCUT2D eigenvalue weighted by Gasteiger charge is -2.45. The second kappa shape index (κ2) is 5.74. The van der Waals surface area contributed by atoms with Gasteiger partial charge in [0.05, 0.1) is 30.0 Å². The van der Waals surface area contributed by atoms with E-state index in [4.69, 9.17) is 14.9 Å². The third-order valence-electron chi connectivity index (χ3n) is 4.05. The molecule has 5 heteroatoms. The summed E-state index contributed by atoms with van der Waals surface area (Å²) < 4.78 is 11.9. The van der Waals surface area contributed by atoms with E-state index < -0.39 is 0 Å². The standard InChI is InChI=1S/C13H21BrN2O2/c1-3-13(2,16-5-8-17-9-6-16)12(15)11-10(14)4-7-18-11/h4,7,12H,3,5-6,8-9,15H2,1-2H3. The Morgan fingerprint density at radius 1 is 1.50 bits per heavy atom. The van der Waals surface area contributed by atoms with Crippen molar-refractivity contribution in [2.45, 2.75) is 31.8 Å². The minimum atomic E-state index is -0.148. The first-order valence-corrected chi connectivity index (χ1v) is 7.20. The van der Waals surface area contributed by atoms with Crippen LogP contribution in [0.1, 0.15) is 32.1 Å². The molecule has 1 fully saturated rings. The number of hydrogen-bond donors (Lipinski definition) is 1. The van der Waals surface area contributed by atoms with Gasteiger partial charge in [0.15, 0.2) is 0 Å². The first-order chi connectivity index (χ1) is 8.59. The average molecular weight is 317 g/mol. The van der Waals surface area contributed by atoms with Gasteiger partial charge in [-0.2, -0.15) is 0 Å². The molecule has 2 rings (SSSR count). The first kappa shape index (κ1) is 14.1. The summed E-state index contributed by atoms with van der Waals surface area (Å²) in [6.45, 7) is 7.79. The summed E-state index contributed by atoms with van der Waals surface area (Å²) in [7, 11) is 0. The van der Waals surface area contributed by atoms with Crippen LogP contribution >= 0.6 is 15.9 Å². The molecule has 4 nitrogen and oxygen atoms in total. The van der Waals surface area contributed by atoms with Gasteiger partial charge >= 0.3 is 0 Å². The van der Waals surface area contributed by atoms with Crippen molar-refractivity contribution in [2.75, 3.05) is 26.3 Å². The van der Waals surface area contributed by atoms with Gasteiger partial charge in [-0.1, -0.05) is 6.92 Å². The van der Waals surface area contributed by atoms with E-state index in [1.807, 2.05) is 6.07 Å². The van der Waals surface area contributed by atoms with Gasteiger partial charge in [0.2, 0.25) is 0 Å². The van der Waals surface area contributed by atoms with E-state index in [0.29, 0.717) is 0 Å². The van der Waals surface area contributed by atoms with Crippen LogP contribution < -0.4 is 5.73 Å². The largest absolute Gasteiger partial charge is 0.466 e. The van der Waals surface area contributed by atoms with E-state index >= 15 is 0 Å². The summed E-state index contributed by atoms with van der Waals surface area (Å²) in [5.41, 5.74) is 6.35. The highest BCUT2D eigenvalue weighted by atomic mass is 79.9. The second-order valence-corrected chi connectivity index (χ2v) is 5.77. The molecule has 0 saturated carbocycles. The van der Waals surface area contributed by atoms with E-state index in [1.165, 1.54) is 0 Å². The second-order valence-electron chi connectivity index (χ2n) is 4.92. The minimum Gasteiger partial charge on any atom is -0.466 e. The highest BCUT2D eigenvalue weighted by molar-refractivity contribution is 9.10. The van der Waals surface area contributed by atoms with Crippen LogP contribution in [0.3, 0.4) is 0 Å². The Labute approximate surface area is 117 Å². The fourth-order valence-corrected chi connectivity index (χ4v) is 2.97. The summed E-state index contributed by atoms with van der Waals surface area (Å²) >= 11 is 3.50. The third kappa shape index (κ3) is 2.50. The highest BCUT2D eigenvalue weighted by Gasteiger charge is 2.39. The molecule has 1 saturated heterocycles. The van der Waals surface area contributed by atoms with Gasteiger partial charge in [-0.05, 0) is 35.3 Å². The molecular formula is C13H21BrN2O2. The zero-order valence-corrected chi connectivity index (χ0v) is 12.6. The zero-order chi connectivity index (χ0) is 13.2. The fraction of sp³-hybridized carbons (Fsp3) is 0.692. The van der Waals surface area contributed by atoms with Crippen LogP contribution in [0.25, 0.3) is 0 Å². The van der Waals surface area contributed by atoms with E-state index in [0.717, 1.165) is 43.0 Å². The quantitative estimate of drug-likeness (QED) is 0.927. The summed E-state index contributed by atoms with van der Waals surface area (Å²) in [5.74, 6) is 0.825. The summed E-state index contributed by atoms with van der Waals surface area (Å²) in [6, 6.07) is 1.75. The van der Waals surface area contributed by atoms with Crippen LogP contribution in [0.15, 0.2) is 21.2 Å². The van der Waals surface area contributed by atoms with Crippen molar-refractivity contribution in [3.63, 3.8) is 0 Å². The maximum Gasteiger partial charge on any atom is 0.136 e. The van der Waals surface area contributed by atoms with Crippen molar-refractivity contribution in [1.29, 1.82) is 0 Å². The topological polar surface area (TPSA) is 51.6 Å². The van der Waals surface area contributed by atoms with Crippen molar-refractivity contribution < 1.29 is 9.15 Å². The molecule has 0 bridgehead atoms. The van der Waals surface area contributed by atoms with Crippen LogP contribution in [0.5, 0.6) is 0 Å². The molecule has 2 N–H and O–H groups in total. The van der Waals surface area contributed by atoms with Crippen molar-refractivity contribution in [3.05, 3.63) is 22.6 Å². The Bertz CT molecular complexity index is 390. The maximum absolute atomic E-state index is 6.45. The molecule has 0 radical (unpaired) electrons. The number of rotatable bonds is 4. The predicted molar refractivity (Wildman–Crippen MR) is 74.4 cm³/mol. The van der Waals surface area contributed by atoms with Crippen molar-refractivity contribution >= 4 is 15.9 Å². The fourth-order valence-electron chi connectivity index (χ4n) is 2.52. The molecule has 0 aliphatic carbocycles. The lowest BCUT2D eigenvalue weighted by Crippen LogP contribution is -2.56. The number of nitrogens with two attached hydrogens (primary N) is 1. The molecule has 2 heterocycles. The normalized spacial score (nSPS) is 22.7. The predicted octanol–water partition coefficient (Wildman–Crippen LogP) is 2.54. The highest BCUT2D eigenvalue weighted by Crippen LogP contribution is 2.36. The van der Waals surface area contributed by atoms with E-state index in [9.17, 15) is 0 Å². The lowest BCUT2D eigenvalue weighted by molar-refractivity contribution is -0.0302. The molecule has 1 aliphatic rings. The zero-order valence-electron chi connectivity index (χ0n) is 11.0. The lowest BCUT2D eigenvalue weighted by atomic mass is 9.86. The Balaban J connectivity index is 2.22. The van der Waals surface area contributed by atoms with Crippen LogP contribution in [0.4, 0.5) is 0 Å². The van der Waals surface area contributed by atoms with Crippen LogP contribution in [0, 0.1) is 0 Å². The van der Waals surface area contributed by atoms with E-state index in [1.54, 1.807) is 6.26 Å². The van der Waals surface area contributed by atoms with Gasteiger partial charge in [0.1, 0.15) is 5.76 Å². The minimum absolute atomic E-state index is 0.107. The number of furan rings is 1. The van der Waals surface area contributed by atoms with Crippen LogP contribution in [0.2, 0.25) is 0 Å². The van der Waals surface area contributed by atoms with E-state index in [2.05, 4.69) is 34.7 Å². The summed E-state index contributed by atoms with van der Waals surface area (Å²) in [6.07, 6.45) is 2.65. The summed E-state index contributed by atoms with van der Waals surface area (Å²) in [4.78, 5) is 2.41. The molecule has 1 aromatic heterocycles. The van der Waals surface area contributed by atoms with Gasteiger partial charge in [0.25, 0.3) is 0 Å². The van der Waals surface area contributed by atoms with Gasteiger partial charge in [-0.15, -0.1) is 0 Å². The Kier molecular flexibility index (Phi) is 4.48. The average Bonchev–Trinajstić information content (AvgIpc) is 2.84. The molecule has 2 atom stereocenters. The molecule has 1 aliphatic heterocycles. The number of ether oxygens (including phenoxy) is 1. The number of nitrogens with zero attached hydrogens (tertiary/aromatic N) is 1. The molecule has 1 aromatic rings. The first-order valence-electron chi connectivity index (χ1n) is 6.41. The number of morpholine rings is 1. The smallest absolute Gasteiger partial charge is 0.136 e. The molecule has 102 valence electrons. The molecular weight excluding hydrogens is 296 g/mol. The molecule has 0 amide bonds. The molecule has 0 aromatic carbocycles. The van der Waals surface area contributed by atoms with Gasteiger partial charge in [0, 0.05) is 18.6 Å². The third-order valence-corrected chi connectivity index (χ3v) is 4.70. The SMILES string of the molecule is CCC(C)(C(N)c1occc1Br)N1CCOCC1.